The Morgan fingerprint density at radius 2 is 1.68 bits per heavy atom. The third-order valence-corrected chi connectivity index (χ3v) is 3.41. The third-order valence-electron chi connectivity index (χ3n) is 3.41. The number of amides is 1. The van der Waals surface area contributed by atoms with E-state index in [0.29, 0.717) is 0 Å². The van der Waals surface area contributed by atoms with Gasteiger partial charge in [-0.1, -0.05) is 30.3 Å². The van der Waals surface area contributed by atoms with E-state index < -0.39 is 0 Å². The molecule has 1 aromatic heterocycles. The molecule has 1 aliphatic rings. The summed E-state index contributed by atoms with van der Waals surface area (Å²) in [6.07, 6.45) is 5.55. The van der Waals surface area contributed by atoms with Crippen molar-refractivity contribution in [2.45, 2.75) is 18.9 Å². The molecule has 0 radical (unpaired) electrons. The monoisotopic (exact) mass is 252 g/mol. The zero-order valence-corrected chi connectivity index (χ0v) is 10.6. The summed E-state index contributed by atoms with van der Waals surface area (Å²) in [5.41, 5.74) is 2.16. The fraction of sp³-hybridized carbons (Fsp3) is 0.250. The molecule has 19 heavy (non-hydrogen) atoms. The van der Waals surface area contributed by atoms with Crippen LogP contribution in [0.15, 0.2) is 54.9 Å². The number of rotatable bonds is 4. The largest absolute Gasteiger partial charge is 0.345 e. The zero-order valence-electron chi connectivity index (χ0n) is 10.6. The van der Waals surface area contributed by atoms with E-state index in [4.69, 9.17) is 0 Å². The van der Waals surface area contributed by atoms with Crippen LogP contribution in [0.4, 0.5) is 0 Å². The number of hydrogen-bond donors (Lipinski definition) is 1. The van der Waals surface area contributed by atoms with E-state index in [2.05, 4.69) is 10.3 Å². The van der Waals surface area contributed by atoms with Crippen molar-refractivity contribution < 1.29 is 4.79 Å². The smallest absolute Gasteiger partial charge is 0.223 e. The second-order valence-corrected chi connectivity index (χ2v) is 4.91. The van der Waals surface area contributed by atoms with Gasteiger partial charge in [0.25, 0.3) is 0 Å². The van der Waals surface area contributed by atoms with Crippen LogP contribution in [0.1, 0.15) is 30.0 Å². The van der Waals surface area contributed by atoms with Gasteiger partial charge in [-0.2, -0.15) is 0 Å². The predicted octanol–water partition coefficient (Wildman–Crippen LogP) is 2.70. The first-order valence-electron chi connectivity index (χ1n) is 6.60. The first-order valence-corrected chi connectivity index (χ1v) is 6.60. The number of nitrogens with one attached hydrogen (secondary N) is 1. The van der Waals surface area contributed by atoms with Gasteiger partial charge in [0.2, 0.25) is 5.91 Å². The summed E-state index contributed by atoms with van der Waals surface area (Å²) in [6, 6.07) is 13.9. The Balaban J connectivity index is 1.89. The molecule has 0 aliphatic heterocycles. The Kier molecular flexibility index (Phi) is 3.27. The van der Waals surface area contributed by atoms with Crippen LogP contribution in [-0.4, -0.2) is 10.9 Å². The van der Waals surface area contributed by atoms with Crippen molar-refractivity contribution in [2.75, 3.05) is 0 Å². The normalized spacial score (nSPS) is 15.8. The van der Waals surface area contributed by atoms with Crippen LogP contribution in [0.2, 0.25) is 0 Å². The van der Waals surface area contributed by atoms with E-state index in [1.165, 1.54) is 0 Å². The number of nitrogens with zero attached hydrogens (tertiary/aromatic N) is 1. The maximum Gasteiger partial charge on any atom is 0.223 e. The molecule has 0 spiro atoms. The Bertz CT molecular complexity index is 510. The first kappa shape index (κ1) is 11.9. The second-order valence-electron chi connectivity index (χ2n) is 4.91. The van der Waals surface area contributed by atoms with E-state index in [9.17, 15) is 4.79 Å². The van der Waals surface area contributed by atoms with Gasteiger partial charge in [-0.05, 0) is 36.1 Å². The lowest BCUT2D eigenvalue weighted by Crippen LogP contribution is -2.30. The van der Waals surface area contributed by atoms with Crippen molar-refractivity contribution in [3.8, 4) is 0 Å². The molecule has 1 aliphatic carbocycles. The lowest BCUT2D eigenvalue weighted by Gasteiger charge is -2.19. The van der Waals surface area contributed by atoms with Gasteiger partial charge in [0, 0.05) is 18.3 Å². The van der Waals surface area contributed by atoms with Crippen LogP contribution in [0.3, 0.4) is 0 Å². The van der Waals surface area contributed by atoms with Crippen LogP contribution in [0.25, 0.3) is 0 Å². The van der Waals surface area contributed by atoms with Gasteiger partial charge < -0.3 is 5.32 Å². The molecule has 1 amide bonds. The first-order chi connectivity index (χ1) is 9.34. The Hall–Kier alpha value is -2.16. The summed E-state index contributed by atoms with van der Waals surface area (Å²) >= 11 is 0. The molecule has 1 heterocycles. The van der Waals surface area contributed by atoms with Crippen molar-refractivity contribution in [3.05, 3.63) is 66.0 Å². The van der Waals surface area contributed by atoms with Gasteiger partial charge in [-0.3, -0.25) is 9.78 Å². The van der Waals surface area contributed by atoms with Gasteiger partial charge in [0.1, 0.15) is 0 Å². The molecule has 2 aromatic rings. The van der Waals surface area contributed by atoms with E-state index in [0.717, 1.165) is 24.0 Å². The molecule has 3 nitrogen and oxygen atoms in total. The summed E-state index contributed by atoms with van der Waals surface area (Å²) in [5, 5.41) is 3.14. The Morgan fingerprint density at radius 1 is 1.05 bits per heavy atom. The van der Waals surface area contributed by atoms with Crippen molar-refractivity contribution in [1.29, 1.82) is 0 Å². The van der Waals surface area contributed by atoms with Crippen molar-refractivity contribution >= 4 is 5.91 Å². The molecule has 1 aromatic carbocycles. The van der Waals surface area contributed by atoms with E-state index in [1.807, 2.05) is 42.5 Å². The van der Waals surface area contributed by atoms with Crippen molar-refractivity contribution in [1.82, 2.24) is 10.3 Å². The zero-order chi connectivity index (χ0) is 13.1. The fourth-order valence-electron chi connectivity index (χ4n) is 2.17. The molecule has 1 fully saturated rings. The standard InChI is InChI=1S/C16H16N2O/c19-16(14-6-7-14)18-15(12-4-2-1-3-5-12)13-8-10-17-11-9-13/h1-5,8-11,14-15H,6-7H2,(H,18,19). The van der Waals surface area contributed by atoms with Crippen molar-refractivity contribution in [3.63, 3.8) is 0 Å². The fourth-order valence-corrected chi connectivity index (χ4v) is 2.17. The molecular formula is C16H16N2O. The molecule has 0 bridgehead atoms. The molecule has 3 rings (SSSR count). The highest BCUT2D eigenvalue weighted by atomic mass is 16.2. The molecular weight excluding hydrogens is 236 g/mol. The Labute approximate surface area is 112 Å². The summed E-state index contributed by atoms with van der Waals surface area (Å²) in [7, 11) is 0. The maximum absolute atomic E-state index is 12.0. The molecule has 1 saturated carbocycles. The summed E-state index contributed by atoms with van der Waals surface area (Å²) in [5.74, 6) is 0.374. The molecule has 1 atom stereocenters. The number of benzene rings is 1. The van der Waals surface area contributed by atoms with Crippen LogP contribution in [0.5, 0.6) is 0 Å². The second kappa shape index (κ2) is 5.22. The summed E-state index contributed by atoms with van der Waals surface area (Å²) in [6.45, 7) is 0. The molecule has 0 saturated heterocycles. The lowest BCUT2D eigenvalue weighted by molar-refractivity contribution is -0.122. The number of carbonyl (C=O) groups is 1. The average Bonchev–Trinajstić information content (AvgIpc) is 3.31. The maximum atomic E-state index is 12.0. The quantitative estimate of drug-likeness (QED) is 0.909. The van der Waals surface area contributed by atoms with E-state index in [-0.39, 0.29) is 17.9 Å². The molecule has 3 heteroatoms. The van der Waals surface area contributed by atoms with E-state index in [1.54, 1.807) is 12.4 Å². The average molecular weight is 252 g/mol. The van der Waals surface area contributed by atoms with Crippen LogP contribution in [0, 0.1) is 5.92 Å². The molecule has 1 N–H and O–H groups in total. The topological polar surface area (TPSA) is 42.0 Å². The molecule has 1 unspecified atom stereocenters. The minimum absolute atomic E-state index is 0.0858. The van der Waals surface area contributed by atoms with Crippen LogP contribution in [-0.2, 0) is 4.79 Å². The minimum atomic E-state index is -0.0858. The van der Waals surface area contributed by atoms with Crippen LogP contribution >= 0.6 is 0 Å². The van der Waals surface area contributed by atoms with Gasteiger partial charge in [-0.25, -0.2) is 0 Å². The highest BCUT2D eigenvalue weighted by molar-refractivity contribution is 5.81. The van der Waals surface area contributed by atoms with Gasteiger partial charge >= 0.3 is 0 Å². The third kappa shape index (κ3) is 2.81. The Morgan fingerprint density at radius 3 is 2.32 bits per heavy atom. The predicted molar refractivity (Wildman–Crippen MR) is 73.4 cm³/mol. The van der Waals surface area contributed by atoms with Gasteiger partial charge in [0.15, 0.2) is 0 Å². The highest BCUT2D eigenvalue weighted by Gasteiger charge is 2.31. The lowest BCUT2D eigenvalue weighted by atomic mass is 9.99. The number of hydrogen-bond acceptors (Lipinski definition) is 2. The SMILES string of the molecule is O=C(NC(c1ccccc1)c1ccncc1)C1CC1. The number of carbonyl (C=O) groups excluding carboxylic acids is 1. The number of pyridine rings is 1. The van der Waals surface area contributed by atoms with Crippen molar-refractivity contribution in [2.24, 2.45) is 5.92 Å². The summed E-state index contributed by atoms with van der Waals surface area (Å²) in [4.78, 5) is 16.1. The molecule has 96 valence electrons. The number of aromatic nitrogens is 1. The minimum Gasteiger partial charge on any atom is -0.345 e. The summed E-state index contributed by atoms with van der Waals surface area (Å²) < 4.78 is 0. The van der Waals surface area contributed by atoms with Gasteiger partial charge in [-0.15, -0.1) is 0 Å². The van der Waals surface area contributed by atoms with E-state index >= 15 is 0 Å². The highest BCUT2D eigenvalue weighted by Crippen LogP contribution is 2.31. The van der Waals surface area contributed by atoms with Gasteiger partial charge in [0.05, 0.1) is 6.04 Å². The van der Waals surface area contributed by atoms with Crippen LogP contribution < -0.4 is 5.32 Å².